The molecule has 0 aliphatic carbocycles. The van der Waals surface area contributed by atoms with E-state index in [0.717, 1.165) is 0 Å². The molecule has 2 unspecified atom stereocenters. The van der Waals surface area contributed by atoms with Gasteiger partial charge in [-0.25, -0.2) is 9.29 Å². The number of piperazine rings is 1. The molecule has 118 valence electrons. The molecule has 0 radical (unpaired) electrons. The van der Waals surface area contributed by atoms with Gasteiger partial charge >= 0.3 is 5.97 Å². The van der Waals surface area contributed by atoms with Crippen molar-refractivity contribution in [2.45, 2.75) is 31.7 Å². The van der Waals surface area contributed by atoms with Crippen molar-refractivity contribution in [2.24, 2.45) is 0 Å². The van der Waals surface area contributed by atoms with E-state index in [-0.39, 0.29) is 17.7 Å². The fraction of sp³-hybridized carbons (Fsp3) is 0.467. The van der Waals surface area contributed by atoms with Crippen LogP contribution in [0.4, 0.5) is 10.1 Å². The second-order valence-corrected chi connectivity index (χ2v) is 5.96. The molecule has 6 nitrogen and oxygen atoms in total. The molecule has 2 atom stereocenters. The summed E-state index contributed by atoms with van der Waals surface area (Å²) in [5, 5.41) is 5.84. The molecule has 0 spiro atoms. The topological polar surface area (TPSA) is 70.7 Å². The lowest BCUT2D eigenvalue weighted by Gasteiger charge is -2.40. The van der Waals surface area contributed by atoms with E-state index in [1.165, 1.54) is 24.3 Å². The van der Waals surface area contributed by atoms with Crippen molar-refractivity contribution in [1.29, 1.82) is 0 Å². The Balaban J connectivity index is 1.79. The highest BCUT2D eigenvalue weighted by Crippen LogP contribution is 2.32. The molecule has 22 heavy (non-hydrogen) atoms. The number of ether oxygens (including phenoxy) is 1. The van der Waals surface area contributed by atoms with Crippen molar-refractivity contribution in [3.63, 3.8) is 0 Å². The Bertz CT molecular complexity index is 603. The Labute approximate surface area is 127 Å². The third-order valence-electron chi connectivity index (χ3n) is 4.01. The lowest BCUT2D eigenvalue weighted by Crippen LogP contribution is -2.64. The predicted molar refractivity (Wildman–Crippen MR) is 77.5 cm³/mol. The number of hydrogen-bond acceptors (Lipinski definition) is 5. The predicted octanol–water partition coefficient (Wildman–Crippen LogP) is 0.699. The molecule has 3 rings (SSSR count). The maximum absolute atomic E-state index is 12.9. The van der Waals surface area contributed by atoms with Gasteiger partial charge in [-0.1, -0.05) is 0 Å². The van der Waals surface area contributed by atoms with Crippen molar-refractivity contribution in [3.8, 4) is 0 Å². The Morgan fingerprint density at radius 2 is 2.05 bits per heavy atom. The van der Waals surface area contributed by atoms with Crippen molar-refractivity contribution < 1.29 is 18.7 Å². The van der Waals surface area contributed by atoms with Crippen LogP contribution < -0.4 is 10.6 Å². The summed E-state index contributed by atoms with van der Waals surface area (Å²) >= 11 is 0. The number of fused-ring (bicyclic) bond motifs is 1. The van der Waals surface area contributed by atoms with Gasteiger partial charge in [0, 0.05) is 18.8 Å². The van der Waals surface area contributed by atoms with E-state index < -0.39 is 17.8 Å². The molecule has 1 aromatic carbocycles. The second-order valence-electron chi connectivity index (χ2n) is 5.96. The molecule has 0 aromatic heterocycles. The minimum atomic E-state index is -0.825. The first-order chi connectivity index (χ1) is 10.4. The Morgan fingerprint density at radius 3 is 2.73 bits per heavy atom. The molecule has 2 heterocycles. The number of carbonyl (C=O) groups is 2. The normalized spacial score (nSPS) is 27.1. The molecule has 2 aliphatic heterocycles. The average molecular weight is 307 g/mol. The number of rotatable bonds is 2. The van der Waals surface area contributed by atoms with Crippen molar-refractivity contribution in [2.75, 3.05) is 18.4 Å². The second kappa shape index (κ2) is 5.33. The largest absolute Gasteiger partial charge is 0.443 e. The summed E-state index contributed by atoms with van der Waals surface area (Å²) in [6, 6.07) is 4.56. The fourth-order valence-corrected chi connectivity index (χ4v) is 3.06. The molecule has 1 aromatic rings. The molecule has 2 aliphatic rings. The monoisotopic (exact) mass is 307 g/mol. The van der Waals surface area contributed by atoms with Gasteiger partial charge in [0.15, 0.2) is 5.72 Å². The van der Waals surface area contributed by atoms with E-state index in [1.54, 1.807) is 18.7 Å². The number of carbonyl (C=O) groups excluding carboxylic acids is 2. The number of benzene rings is 1. The highest BCUT2D eigenvalue weighted by atomic mass is 19.1. The van der Waals surface area contributed by atoms with E-state index >= 15 is 0 Å². The minimum absolute atomic E-state index is 0.254. The van der Waals surface area contributed by atoms with Gasteiger partial charge in [-0.3, -0.25) is 9.59 Å². The molecule has 2 N–H and O–H groups in total. The number of nitrogens with one attached hydrogen (secondary N) is 2. The molecule has 2 fully saturated rings. The van der Waals surface area contributed by atoms with Crippen LogP contribution in [-0.2, 0) is 14.3 Å². The average Bonchev–Trinajstić information content (AvgIpc) is 2.71. The van der Waals surface area contributed by atoms with Gasteiger partial charge in [0.1, 0.15) is 17.9 Å². The van der Waals surface area contributed by atoms with E-state index in [9.17, 15) is 14.0 Å². The van der Waals surface area contributed by atoms with Crippen LogP contribution in [0.1, 0.15) is 13.8 Å². The summed E-state index contributed by atoms with van der Waals surface area (Å²) in [5.74, 6) is -0.941. The summed E-state index contributed by atoms with van der Waals surface area (Å²) < 4.78 is 18.3. The lowest BCUT2D eigenvalue weighted by molar-refractivity contribution is -0.151. The highest BCUT2D eigenvalue weighted by Gasteiger charge is 2.54. The maximum atomic E-state index is 12.9. The molecular weight excluding hydrogens is 289 g/mol. The highest BCUT2D eigenvalue weighted by molar-refractivity contribution is 5.96. The number of halogens is 1. The van der Waals surface area contributed by atoms with Gasteiger partial charge in [-0.2, -0.15) is 0 Å². The molecule has 0 saturated carbocycles. The van der Waals surface area contributed by atoms with E-state index in [1.807, 2.05) is 0 Å². The Hall–Kier alpha value is -1.99. The smallest absolute Gasteiger partial charge is 0.326 e. The summed E-state index contributed by atoms with van der Waals surface area (Å²) in [5.41, 5.74) is -0.313. The molecule has 1 amide bonds. The van der Waals surface area contributed by atoms with Gasteiger partial charge in [0.25, 0.3) is 0 Å². The van der Waals surface area contributed by atoms with Crippen molar-refractivity contribution in [3.05, 3.63) is 30.1 Å². The van der Waals surface area contributed by atoms with E-state index in [4.69, 9.17) is 4.74 Å². The third kappa shape index (κ3) is 2.57. The van der Waals surface area contributed by atoms with Crippen LogP contribution in [0, 0.1) is 5.82 Å². The summed E-state index contributed by atoms with van der Waals surface area (Å²) in [7, 11) is 0. The van der Waals surface area contributed by atoms with Gasteiger partial charge < -0.3 is 15.4 Å². The number of amides is 1. The first-order valence-electron chi connectivity index (χ1n) is 7.17. The Morgan fingerprint density at radius 1 is 1.36 bits per heavy atom. The van der Waals surface area contributed by atoms with Gasteiger partial charge in [0.2, 0.25) is 5.91 Å². The SMILES string of the molecule is CC1(C)OC(=O)C2CNCC(C(=O)Nc3ccc(F)cc3)N21. The number of nitrogens with zero attached hydrogens (tertiary/aromatic N) is 1. The van der Waals surface area contributed by atoms with Gasteiger partial charge in [-0.15, -0.1) is 0 Å². The zero-order chi connectivity index (χ0) is 15.9. The number of anilines is 1. The van der Waals surface area contributed by atoms with Crippen molar-refractivity contribution >= 4 is 17.6 Å². The molecule has 2 saturated heterocycles. The van der Waals surface area contributed by atoms with Crippen LogP contribution in [0.2, 0.25) is 0 Å². The van der Waals surface area contributed by atoms with Crippen LogP contribution in [0.15, 0.2) is 24.3 Å². The van der Waals surface area contributed by atoms with Crippen LogP contribution in [0.25, 0.3) is 0 Å². The quantitative estimate of drug-likeness (QED) is 0.787. The molecular formula is C15H18FN3O3. The van der Waals surface area contributed by atoms with Crippen LogP contribution in [-0.4, -0.2) is 47.7 Å². The minimum Gasteiger partial charge on any atom is -0.443 e. The van der Waals surface area contributed by atoms with Crippen LogP contribution >= 0.6 is 0 Å². The fourth-order valence-electron chi connectivity index (χ4n) is 3.06. The van der Waals surface area contributed by atoms with Crippen molar-refractivity contribution in [1.82, 2.24) is 10.2 Å². The third-order valence-corrected chi connectivity index (χ3v) is 4.01. The lowest BCUT2D eigenvalue weighted by atomic mass is 10.0. The number of esters is 1. The van der Waals surface area contributed by atoms with E-state index in [0.29, 0.717) is 18.8 Å². The number of hydrogen-bond donors (Lipinski definition) is 2. The summed E-state index contributed by atoms with van der Waals surface area (Å²) in [4.78, 5) is 26.2. The molecule has 0 bridgehead atoms. The summed E-state index contributed by atoms with van der Waals surface area (Å²) in [6.45, 7) is 4.43. The standard InChI is InChI=1S/C15H18FN3O3/c1-15(2)19-11(7-17-8-12(19)14(21)22-15)13(20)18-10-5-3-9(16)4-6-10/h3-6,11-12,17H,7-8H2,1-2H3,(H,18,20). The Kier molecular flexibility index (Phi) is 3.62. The summed E-state index contributed by atoms with van der Waals surface area (Å²) in [6.07, 6.45) is 0. The zero-order valence-corrected chi connectivity index (χ0v) is 12.4. The van der Waals surface area contributed by atoms with Gasteiger partial charge in [0.05, 0.1) is 0 Å². The zero-order valence-electron chi connectivity index (χ0n) is 12.4. The first kappa shape index (κ1) is 14.9. The first-order valence-corrected chi connectivity index (χ1v) is 7.17. The van der Waals surface area contributed by atoms with E-state index in [2.05, 4.69) is 10.6 Å². The van der Waals surface area contributed by atoms with Crippen LogP contribution in [0.5, 0.6) is 0 Å². The maximum Gasteiger partial charge on any atom is 0.326 e. The number of cyclic esters (lactones) is 1. The molecule has 7 heteroatoms. The van der Waals surface area contributed by atoms with Gasteiger partial charge in [-0.05, 0) is 38.1 Å². The van der Waals surface area contributed by atoms with Crippen LogP contribution in [0.3, 0.4) is 0 Å².